The SMILES string of the molecule is CC(CCOCC(C)C(C)C)CC(C)(C)C. The molecule has 0 saturated heterocycles. The smallest absolute Gasteiger partial charge is 0.0494 e. The predicted molar refractivity (Wildman–Crippen MR) is 72.7 cm³/mol. The predicted octanol–water partition coefficient (Wildman–Crippen LogP) is 4.76. The van der Waals surface area contributed by atoms with E-state index in [0.717, 1.165) is 25.0 Å². The van der Waals surface area contributed by atoms with Crippen LogP contribution in [0, 0.1) is 23.2 Å². The van der Waals surface area contributed by atoms with Crippen LogP contribution in [0.25, 0.3) is 0 Å². The fraction of sp³-hybridized carbons (Fsp3) is 1.00. The lowest BCUT2D eigenvalue weighted by Crippen LogP contribution is -2.15. The summed E-state index contributed by atoms with van der Waals surface area (Å²) in [5.74, 6) is 2.18. The zero-order valence-electron chi connectivity index (χ0n) is 12.5. The first kappa shape index (κ1) is 16.0. The molecule has 98 valence electrons. The van der Waals surface area contributed by atoms with E-state index >= 15 is 0 Å². The fourth-order valence-corrected chi connectivity index (χ4v) is 1.89. The van der Waals surface area contributed by atoms with Crippen LogP contribution in [0.15, 0.2) is 0 Å². The Morgan fingerprint density at radius 2 is 1.56 bits per heavy atom. The van der Waals surface area contributed by atoms with Gasteiger partial charge in [-0.05, 0) is 36.0 Å². The Bertz CT molecular complexity index is 167. The average molecular weight is 228 g/mol. The highest BCUT2D eigenvalue weighted by Crippen LogP contribution is 2.25. The lowest BCUT2D eigenvalue weighted by molar-refractivity contribution is 0.0774. The van der Waals surface area contributed by atoms with Gasteiger partial charge in [-0.25, -0.2) is 0 Å². The van der Waals surface area contributed by atoms with Crippen LogP contribution in [-0.4, -0.2) is 13.2 Å². The van der Waals surface area contributed by atoms with E-state index in [0.29, 0.717) is 11.3 Å². The second-order valence-electron chi connectivity index (χ2n) is 6.95. The lowest BCUT2D eigenvalue weighted by atomic mass is 9.84. The van der Waals surface area contributed by atoms with E-state index in [-0.39, 0.29) is 0 Å². The van der Waals surface area contributed by atoms with Gasteiger partial charge in [-0.2, -0.15) is 0 Å². The van der Waals surface area contributed by atoms with Gasteiger partial charge >= 0.3 is 0 Å². The van der Waals surface area contributed by atoms with Crippen molar-refractivity contribution in [3.8, 4) is 0 Å². The molecule has 0 spiro atoms. The molecule has 0 saturated carbocycles. The molecular weight excluding hydrogens is 196 g/mol. The third kappa shape index (κ3) is 9.21. The maximum atomic E-state index is 5.74. The first-order valence-electron chi connectivity index (χ1n) is 6.80. The van der Waals surface area contributed by atoms with Crippen LogP contribution in [0.3, 0.4) is 0 Å². The molecule has 0 radical (unpaired) electrons. The van der Waals surface area contributed by atoms with E-state index in [4.69, 9.17) is 4.74 Å². The average Bonchev–Trinajstić information content (AvgIpc) is 2.08. The quantitative estimate of drug-likeness (QED) is 0.571. The van der Waals surface area contributed by atoms with Crippen LogP contribution in [0.5, 0.6) is 0 Å². The van der Waals surface area contributed by atoms with Crippen molar-refractivity contribution in [1.29, 1.82) is 0 Å². The second-order valence-corrected chi connectivity index (χ2v) is 6.95. The van der Waals surface area contributed by atoms with Crippen LogP contribution in [0.1, 0.15) is 61.3 Å². The largest absolute Gasteiger partial charge is 0.381 e. The van der Waals surface area contributed by atoms with Crippen molar-refractivity contribution in [2.75, 3.05) is 13.2 Å². The van der Waals surface area contributed by atoms with Gasteiger partial charge in [0.1, 0.15) is 0 Å². The third-order valence-corrected chi connectivity index (χ3v) is 3.23. The van der Waals surface area contributed by atoms with Crippen molar-refractivity contribution >= 4 is 0 Å². The highest BCUT2D eigenvalue weighted by atomic mass is 16.5. The Morgan fingerprint density at radius 3 is 2.00 bits per heavy atom. The Labute approximate surface area is 103 Å². The Kier molecular flexibility index (Phi) is 7.30. The van der Waals surface area contributed by atoms with Crippen molar-refractivity contribution in [3.63, 3.8) is 0 Å². The summed E-state index contributed by atoms with van der Waals surface area (Å²) in [6, 6.07) is 0. The minimum absolute atomic E-state index is 0.449. The second kappa shape index (κ2) is 7.32. The van der Waals surface area contributed by atoms with E-state index in [2.05, 4.69) is 48.5 Å². The summed E-state index contributed by atoms with van der Waals surface area (Å²) in [6.45, 7) is 17.9. The van der Waals surface area contributed by atoms with Crippen molar-refractivity contribution in [3.05, 3.63) is 0 Å². The molecule has 0 aromatic carbocycles. The first-order chi connectivity index (χ1) is 7.22. The highest BCUT2D eigenvalue weighted by molar-refractivity contribution is 4.66. The molecule has 0 aliphatic carbocycles. The zero-order valence-corrected chi connectivity index (χ0v) is 12.5. The van der Waals surface area contributed by atoms with Crippen LogP contribution < -0.4 is 0 Å². The molecule has 0 aliphatic rings. The van der Waals surface area contributed by atoms with Gasteiger partial charge in [0.2, 0.25) is 0 Å². The van der Waals surface area contributed by atoms with E-state index in [1.54, 1.807) is 0 Å². The van der Waals surface area contributed by atoms with Crippen LogP contribution in [0.4, 0.5) is 0 Å². The minimum atomic E-state index is 0.449. The first-order valence-corrected chi connectivity index (χ1v) is 6.80. The molecular formula is C15H32O. The molecule has 2 unspecified atom stereocenters. The molecule has 0 heterocycles. The summed E-state index contributed by atoms with van der Waals surface area (Å²) in [6.07, 6.45) is 2.48. The monoisotopic (exact) mass is 228 g/mol. The molecule has 0 rings (SSSR count). The molecule has 0 fully saturated rings. The maximum absolute atomic E-state index is 5.74. The highest BCUT2D eigenvalue weighted by Gasteiger charge is 2.15. The fourth-order valence-electron chi connectivity index (χ4n) is 1.89. The molecule has 2 atom stereocenters. The summed E-state index contributed by atoms with van der Waals surface area (Å²) in [4.78, 5) is 0. The molecule has 0 amide bonds. The molecule has 0 bridgehead atoms. The van der Waals surface area contributed by atoms with Gasteiger partial charge < -0.3 is 4.74 Å². The van der Waals surface area contributed by atoms with Crippen LogP contribution in [0.2, 0.25) is 0 Å². The van der Waals surface area contributed by atoms with Crippen molar-refractivity contribution in [2.45, 2.75) is 61.3 Å². The van der Waals surface area contributed by atoms with E-state index in [9.17, 15) is 0 Å². The Balaban J connectivity index is 3.52. The summed E-state index contributed by atoms with van der Waals surface area (Å²) in [5.41, 5.74) is 0.449. The van der Waals surface area contributed by atoms with Crippen LogP contribution in [-0.2, 0) is 4.74 Å². The van der Waals surface area contributed by atoms with E-state index < -0.39 is 0 Å². The maximum Gasteiger partial charge on any atom is 0.0494 e. The number of rotatable bonds is 7. The molecule has 1 heteroatoms. The molecule has 0 aliphatic heterocycles. The standard InChI is InChI=1S/C15H32O/c1-12(2)14(4)11-16-9-8-13(3)10-15(5,6)7/h12-14H,8-11H2,1-7H3. The van der Waals surface area contributed by atoms with Crippen LogP contribution >= 0.6 is 0 Å². The number of ether oxygens (including phenoxy) is 1. The van der Waals surface area contributed by atoms with E-state index in [1.165, 1.54) is 12.8 Å². The summed E-state index contributed by atoms with van der Waals surface area (Å²) in [5, 5.41) is 0. The van der Waals surface area contributed by atoms with E-state index in [1.807, 2.05) is 0 Å². The van der Waals surface area contributed by atoms with Gasteiger partial charge in [0.05, 0.1) is 0 Å². The Hall–Kier alpha value is -0.0400. The van der Waals surface area contributed by atoms with Crippen molar-refractivity contribution < 1.29 is 4.74 Å². The number of hydrogen-bond acceptors (Lipinski definition) is 1. The van der Waals surface area contributed by atoms with Gasteiger partial charge in [0.15, 0.2) is 0 Å². The van der Waals surface area contributed by atoms with Crippen molar-refractivity contribution in [1.82, 2.24) is 0 Å². The molecule has 0 N–H and O–H groups in total. The third-order valence-electron chi connectivity index (χ3n) is 3.23. The van der Waals surface area contributed by atoms with Gasteiger partial charge in [0, 0.05) is 13.2 Å². The molecule has 16 heavy (non-hydrogen) atoms. The molecule has 0 aromatic rings. The normalized spacial score (nSPS) is 16.5. The summed E-state index contributed by atoms with van der Waals surface area (Å²) in [7, 11) is 0. The Morgan fingerprint density at radius 1 is 1.00 bits per heavy atom. The number of hydrogen-bond donors (Lipinski definition) is 0. The molecule has 0 aromatic heterocycles. The zero-order chi connectivity index (χ0) is 12.8. The molecule has 1 nitrogen and oxygen atoms in total. The minimum Gasteiger partial charge on any atom is -0.381 e. The topological polar surface area (TPSA) is 9.23 Å². The van der Waals surface area contributed by atoms with Gasteiger partial charge in [-0.1, -0.05) is 48.5 Å². The summed E-state index contributed by atoms with van der Waals surface area (Å²) < 4.78 is 5.74. The van der Waals surface area contributed by atoms with Crippen molar-refractivity contribution in [2.24, 2.45) is 23.2 Å². The van der Waals surface area contributed by atoms with Gasteiger partial charge in [-0.15, -0.1) is 0 Å². The van der Waals surface area contributed by atoms with Gasteiger partial charge in [-0.3, -0.25) is 0 Å². The van der Waals surface area contributed by atoms with Gasteiger partial charge in [0.25, 0.3) is 0 Å². The lowest BCUT2D eigenvalue weighted by Gasteiger charge is -2.23. The summed E-state index contributed by atoms with van der Waals surface area (Å²) >= 11 is 0.